The molecule has 2 aromatic carbocycles. The summed E-state index contributed by atoms with van der Waals surface area (Å²) in [5.74, 6) is -0.0246. The highest BCUT2D eigenvalue weighted by molar-refractivity contribution is 7.19. The molecule has 4 aromatic rings. The van der Waals surface area contributed by atoms with Crippen molar-refractivity contribution in [3.8, 4) is 16.9 Å². The number of carbonyl (C=O) groups is 2. The molecule has 2 aromatic heterocycles. The minimum Gasteiger partial charge on any atom is -0.482 e. The van der Waals surface area contributed by atoms with Crippen molar-refractivity contribution < 1.29 is 14.3 Å². The number of thiophene rings is 1. The summed E-state index contributed by atoms with van der Waals surface area (Å²) in [4.78, 5) is 44.1. The van der Waals surface area contributed by atoms with Crippen LogP contribution in [0.3, 0.4) is 0 Å². The van der Waals surface area contributed by atoms with E-state index in [-0.39, 0.29) is 30.4 Å². The van der Waals surface area contributed by atoms with Crippen LogP contribution in [0.15, 0.2) is 47.5 Å². The lowest BCUT2D eigenvalue weighted by molar-refractivity contribution is -0.118. The van der Waals surface area contributed by atoms with Gasteiger partial charge in [0, 0.05) is 16.0 Å². The third-order valence-corrected chi connectivity index (χ3v) is 6.91. The zero-order valence-corrected chi connectivity index (χ0v) is 19.2. The molecule has 1 aliphatic rings. The molecule has 33 heavy (non-hydrogen) atoms. The predicted molar refractivity (Wildman–Crippen MR) is 128 cm³/mol. The quantitative estimate of drug-likeness (QED) is 0.461. The standard InChI is InChI=1S/C25H21N3O4S/c1-13-4-5-17(8-14(13)2)22-15(3)33-24-23(22)25(31)28(12-26-24)10-19(29)16-6-7-20-18(9-16)27-21(30)11-32-20/h4-9,12H,10-11H2,1-3H3,(H,27,30). The van der Waals surface area contributed by atoms with E-state index >= 15 is 0 Å². The third kappa shape index (κ3) is 3.72. The monoisotopic (exact) mass is 459 g/mol. The molecule has 0 unspecified atom stereocenters. The third-order valence-electron chi connectivity index (χ3n) is 5.90. The number of amides is 1. The smallest absolute Gasteiger partial charge is 0.263 e. The van der Waals surface area contributed by atoms with E-state index < -0.39 is 0 Å². The molecule has 0 saturated carbocycles. The number of nitrogens with zero attached hydrogens (tertiary/aromatic N) is 2. The van der Waals surface area contributed by atoms with Gasteiger partial charge in [-0.1, -0.05) is 18.2 Å². The van der Waals surface area contributed by atoms with Gasteiger partial charge in [0.25, 0.3) is 11.5 Å². The van der Waals surface area contributed by atoms with E-state index in [1.54, 1.807) is 18.2 Å². The van der Waals surface area contributed by atoms with E-state index in [0.717, 1.165) is 21.6 Å². The van der Waals surface area contributed by atoms with Gasteiger partial charge in [0.05, 0.1) is 23.9 Å². The lowest BCUT2D eigenvalue weighted by Crippen LogP contribution is -2.26. The molecule has 8 heteroatoms. The maximum atomic E-state index is 13.4. The van der Waals surface area contributed by atoms with E-state index in [1.165, 1.54) is 27.8 Å². The fourth-order valence-corrected chi connectivity index (χ4v) is 5.00. The van der Waals surface area contributed by atoms with Crippen LogP contribution in [-0.4, -0.2) is 27.8 Å². The van der Waals surface area contributed by atoms with Gasteiger partial charge in [0.1, 0.15) is 10.6 Å². The second-order valence-corrected chi connectivity index (χ2v) is 9.36. The van der Waals surface area contributed by atoms with Crippen LogP contribution in [0.2, 0.25) is 0 Å². The van der Waals surface area contributed by atoms with Crippen molar-refractivity contribution in [1.29, 1.82) is 0 Å². The Balaban J connectivity index is 1.53. The van der Waals surface area contributed by atoms with Crippen molar-refractivity contribution in [3.05, 3.63) is 74.6 Å². The number of hydrogen-bond acceptors (Lipinski definition) is 6. The van der Waals surface area contributed by atoms with Gasteiger partial charge in [0.15, 0.2) is 12.4 Å². The number of carbonyl (C=O) groups excluding carboxylic acids is 2. The number of ether oxygens (including phenoxy) is 1. The first-order chi connectivity index (χ1) is 15.8. The Morgan fingerprint density at radius 3 is 2.73 bits per heavy atom. The summed E-state index contributed by atoms with van der Waals surface area (Å²) in [6.45, 7) is 5.87. The molecule has 0 saturated heterocycles. The molecule has 0 atom stereocenters. The summed E-state index contributed by atoms with van der Waals surface area (Å²) >= 11 is 1.47. The average molecular weight is 460 g/mol. The highest BCUT2D eigenvalue weighted by Gasteiger charge is 2.20. The molecule has 1 amide bonds. The minimum absolute atomic E-state index is 0.0513. The molecule has 0 spiro atoms. The van der Waals surface area contributed by atoms with E-state index in [9.17, 15) is 14.4 Å². The van der Waals surface area contributed by atoms with Gasteiger partial charge < -0.3 is 10.1 Å². The predicted octanol–water partition coefficient (Wildman–Crippen LogP) is 4.26. The lowest BCUT2D eigenvalue weighted by Gasteiger charge is -2.18. The Kier molecular flexibility index (Phi) is 5.09. The second kappa shape index (κ2) is 7.97. The van der Waals surface area contributed by atoms with Crippen molar-refractivity contribution in [2.75, 3.05) is 11.9 Å². The van der Waals surface area contributed by atoms with E-state index in [4.69, 9.17) is 4.74 Å². The van der Waals surface area contributed by atoms with E-state index in [0.29, 0.717) is 27.2 Å². The Labute approximate surface area is 193 Å². The number of aromatic nitrogens is 2. The highest BCUT2D eigenvalue weighted by Crippen LogP contribution is 2.36. The maximum Gasteiger partial charge on any atom is 0.263 e. The Bertz CT molecular complexity index is 1520. The SMILES string of the molecule is Cc1ccc(-c2c(C)sc3ncn(CC(=O)c4ccc5c(c4)NC(=O)CO5)c(=O)c23)cc1C. The van der Waals surface area contributed by atoms with Crippen molar-refractivity contribution in [2.24, 2.45) is 0 Å². The number of fused-ring (bicyclic) bond motifs is 2. The summed E-state index contributed by atoms with van der Waals surface area (Å²) in [7, 11) is 0. The number of nitrogens with one attached hydrogen (secondary N) is 1. The van der Waals surface area contributed by atoms with Gasteiger partial charge in [-0.2, -0.15) is 0 Å². The normalized spacial score (nSPS) is 12.9. The van der Waals surface area contributed by atoms with Crippen molar-refractivity contribution in [1.82, 2.24) is 9.55 Å². The van der Waals surface area contributed by atoms with E-state index in [1.807, 2.05) is 26.0 Å². The number of aryl methyl sites for hydroxylation is 3. The molecule has 0 radical (unpaired) electrons. The van der Waals surface area contributed by atoms with Gasteiger partial charge >= 0.3 is 0 Å². The molecular weight excluding hydrogens is 438 g/mol. The topological polar surface area (TPSA) is 90.3 Å². The first-order valence-corrected chi connectivity index (χ1v) is 11.3. The molecule has 0 bridgehead atoms. The molecular formula is C25H21N3O4S. The first-order valence-electron chi connectivity index (χ1n) is 10.5. The molecule has 3 heterocycles. The molecule has 0 fully saturated rings. The second-order valence-electron chi connectivity index (χ2n) is 8.16. The van der Waals surface area contributed by atoms with Crippen LogP contribution >= 0.6 is 11.3 Å². The Morgan fingerprint density at radius 2 is 1.94 bits per heavy atom. The van der Waals surface area contributed by atoms with Gasteiger partial charge in [0.2, 0.25) is 0 Å². The number of rotatable bonds is 4. The van der Waals surface area contributed by atoms with Crippen LogP contribution in [0.1, 0.15) is 26.4 Å². The molecule has 1 aliphatic heterocycles. The molecule has 5 rings (SSSR count). The van der Waals surface area contributed by atoms with Crippen LogP contribution in [0.4, 0.5) is 5.69 Å². The van der Waals surface area contributed by atoms with Crippen LogP contribution in [0, 0.1) is 20.8 Å². The van der Waals surface area contributed by atoms with Gasteiger partial charge in [-0.05, 0) is 55.7 Å². The summed E-state index contributed by atoms with van der Waals surface area (Å²) < 4.78 is 6.69. The summed E-state index contributed by atoms with van der Waals surface area (Å²) in [5, 5.41) is 3.23. The van der Waals surface area contributed by atoms with Crippen molar-refractivity contribution >= 4 is 38.9 Å². The number of hydrogen-bond donors (Lipinski definition) is 1. The molecule has 0 aliphatic carbocycles. The molecule has 166 valence electrons. The van der Waals surface area contributed by atoms with Gasteiger partial charge in [-0.25, -0.2) is 4.98 Å². The largest absolute Gasteiger partial charge is 0.482 e. The lowest BCUT2D eigenvalue weighted by atomic mass is 9.99. The highest BCUT2D eigenvalue weighted by atomic mass is 32.1. The van der Waals surface area contributed by atoms with Gasteiger partial charge in [-0.3, -0.25) is 19.0 Å². The van der Waals surface area contributed by atoms with Gasteiger partial charge in [-0.15, -0.1) is 11.3 Å². The fraction of sp³-hybridized carbons (Fsp3) is 0.200. The zero-order valence-electron chi connectivity index (χ0n) is 18.4. The molecule has 7 nitrogen and oxygen atoms in total. The number of benzene rings is 2. The summed E-state index contributed by atoms with van der Waals surface area (Å²) in [6.07, 6.45) is 1.42. The van der Waals surface area contributed by atoms with Crippen LogP contribution < -0.4 is 15.6 Å². The van der Waals surface area contributed by atoms with Crippen molar-refractivity contribution in [2.45, 2.75) is 27.3 Å². The molecule has 1 N–H and O–H groups in total. The van der Waals surface area contributed by atoms with Crippen LogP contribution in [-0.2, 0) is 11.3 Å². The van der Waals surface area contributed by atoms with E-state index in [2.05, 4.69) is 23.3 Å². The van der Waals surface area contributed by atoms with Crippen LogP contribution in [0.5, 0.6) is 5.75 Å². The Hall–Kier alpha value is -3.78. The number of ketones is 1. The minimum atomic E-state index is -0.273. The average Bonchev–Trinajstić information content (AvgIpc) is 3.13. The number of Topliss-reactive ketones (excluding diaryl/α,β-unsaturated/α-hetero) is 1. The number of anilines is 1. The van der Waals surface area contributed by atoms with Crippen molar-refractivity contribution in [3.63, 3.8) is 0 Å². The summed E-state index contributed by atoms with van der Waals surface area (Å²) in [6, 6.07) is 11.0. The summed E-state index contributed by atoms with van der Waals surface area (Å²) in [5.41, 5.74) is 4.74. The fourth-order valence-electron chi connectivity index (χ4n) is 4.00. The first kappa shape index (κ1) is 21.1. The maximum absolute atomic E-state index is 13.4. The zero-order chi connectivity index (χ0) is 23.3. The Morgan fingerprint density at radius 1 is 1.12 bits per heavy atom. The van der Waals surface area contributed by atoms with Crippen LogP contribution in [0.25, 0.3) is 21.3 Å².